The van der Waals surface area contributed by atoms with E-state index in [1.807, 2.05) is 13.0 Å². The van der Waals surface area contributed by atoms with Gasteiger partial charge in [0, 0.05) is 33.8 Å². The number of thioether (sulfide) groups is 1. The van der Waals surface area contributed by atoms with Gasteiger partial charge in [-0.15, -0.1) is 18.3 Å². The second kappa shape index (κ2) is 12.2. The van der Waals surface area contributed by atoms with Crippen molar-refractivity contribution in [1.29, 1.82) is 0 Å². The van der Waals surface area contributed by atoms with Crippen LogP contribution in [0.1, 0.15) is 70.4 Å². The van der Waals surface area contributed by atoms with Gasteiger partial charge in [0.05, 0.1) is 11.9 Å². The van der Waals surface area contributed by atoms with Crippen LogP contribution in [0.5, 0.6) is 0 Å². The predicted molar refractivity (Wildman–Crippen MR) is 168 cm³/mol. The first kappa shape index (κ1) is 32.5. The fraction of sp³-hybridized carbons (Fsp3) is 0.545. The molecule has 44 heavy (non-hydrogen) atoms. The summed E-state index contributed by atoms with van der Waals surface area (Å²) in [6.45, 7) is 12.4. The Bertz CT molecular complexity index is 1440. The molecule has 3 fully saturated rings. The van der Waals surface area contributed by atoms with Crippen LogP contribution in [0, 0.1) is 34.0 Å². The Morgan fingerprint density at radius 1 is 1.20 bits per heavy atom. The molecule has 8 atom stereocenters. The van der Waals surface area contributed by atoms with Crippen molar-refractivity contribution in [3.05, 3.63) is 54.8 Å². The number of aliphatic hydroxyl groups is 1. The average molecular weight is 624 g/mol. The number of ketones is 1. The van der Waals surface area contributed by atoms with Crippen molar-refractivity contribution in [3.8, 4) is 0 Å². The van der Waals surface area contributed by atoms with Gasteiger partial charge in [-0.3, -0.25) is 14.4 Å². The molecule has 0 unspecified atom stereocenters. The Morgan fingerprint density at radius 2 is 1.95 bits per heavy atom. The zero-order valence-electron chi connectivity index (χ0n) is 25.7. The Morgan fingerprint density at radius 3 is 2.64 bits per heavy atom. The molecule has 236 valence electrons. The number of carbonyl (C=O) groups is 3. The summed E-state index contributed by atoms with van der Waals surface area (Å²) in [5.74, 6) is -1.04. The first-order valence-electron chi connectivity index (χ1n) is 15.3. The molecule has 11 heteroatoms. The molecule has 0 saturated heterocycles. The maximum absolute atomic E-state index is 13.6. The lowest BCUT2D eigenvalue weighted by atomic mass is 9.44. The molecule has 2 bridgehead atoms. The molecule has 3 aliphatic rings. The number of furan rings is 1. The lowest BCUT2D eigenvalue weighted by Gasteiger charge is -2.61. The minimum atomic E-state index is -1.82. The average Bonchev–Trinajstić information content (AvgIpc) is 3.63. The summed E-state index contributed by atoms with van der Waals surface area (Å²) in [6.07, 6.45) is 3.88. The van der Waals surface area contributed by atoms with Gasteiger partial charge < -0.3 is 29.6 Å². The van der Waals surface area contributed by atoms with Gasteiger partial charge in [-0.05, 0) is 73.3 Å². The van der Waals surface area contributed by atoms with Crippen LogP contribution in [0.3, 0.4) is 0 Å². The minimum Gasteiger partial charge on any atom is -0.461 e. The molecule has 0 spiro atoms. The summed E-state index contributed by atoms with van der Waals surface area (Å²) in [5, 5.41) is 32.8. The lowest BCUT2D eigenvalue weighted by Crippen LogP contribution is -2.63. The highest BCUT2D eigenvalue weighted by Gasteiger charge is 2.68. The summed E-state index contributed by atoms with van der Waals surface area (Å²) >= 11 is 1.27. The van der Waals surface area contributed by atoms with Crippen molar-refractivity contribution in [2.75, 3.05) is 11.1 Å². The van der Waals surface area contributed by atoms with E-state index < -0.39 is 42.0 Å². The van der Waals surface area contributed by atoms with Crippen molar-refractivity contribution >= 4 is 47.9 Å². The van der Waals surface area contributed by atoms with Gasteiger partial charge in [0.15, 0.2) is 5.76 Å². The molecule has 3 saturated carbocycles. The maximum Gasteiger partial charge on any atom is 0.526 e. The molecule has 1 aromatic carbocycles. The van der Waals surface area contributed by atoms with Gasteiger partial charge in [-0.25, -0.2) is 0 Å². The summed E-state index contributed by atoms with van der Waals surface area (Å²) in [4.78, 5) is 40.4. The number of aliphatic hydroxyl groups excluding tert-OH is 1. The Kier molecular flexibility index (Phi) is 8.99. The zero-order chi connectivity index (χ0) is 32.0. The van der Waals surface area contributed by atoms with Crippen molar-refractivity contribution in [2.24, 2.45) is 34.0 Å². The number of rotatable bonds is 8. The molecule has 9 nitrogen and oxygen atoms in total. The molecule has 0 aliphatic heterocycles. The summed E-state index contributed by atoms with van der Waals surface area (Å²) in [6, 6.07) is 9.64. The van der Waals surface area contributed by atoms with Crippen LogP contribution < -0.4 is 11.0 Å². The van der Waals surface area contributed by atoms with Crippen LogP contribution in [0.2, 0.25) is 0 Å². The number of esters is 1. The SMILES string of the molecule is C=C[C@]1(C)C[C@@H](OC(=O)CSc2cccc(NC(=O)c3ccc(B(O)O)o3)c2)[C@]2(C)[C@H](C)CC[C@]3(CCC(=O)[C@H]32)[C@@H](C)[C@@H]1O. The minimum absolute atomic E-state index is 0.0157. The number of hydrogen-bond donors (Lipinski definition) is 4. The fourth-order valence-corrected chi connectivity index (χ4v) is 9.04. The Hall–Kier alpha value is -2.86. The Labute approximate surface area is 263 Å². The van der Waals surface area contributed by atoms with E-state index in [1.165, 1.54) is 23.9 Å². The number of carbonyl (C=O) groups excluding carboxylic acids is 3. The van der Waals surface area contributed by atoms with Gasteiger partial charge in [0.1, 0.15) is 17.5 Å². The third-order valence-electron chi connectivity index (χ3n) is 11.1. The quantitative estimate of drug-likeness (QED) is 0.147. The van der Waals surface area contributed by atoms with E-state index in [9.17, 15) is 29.5 Å². The molecule has 1 amide bonds. The molecule has 1 aromatic heterocycles. The summed E-state index contributed by atoms with van der Waals surface area (Å²) < 4.78 is 11.5. The van der Waals surface area contributed by atoms with Crippen molar-refractivity contribution in [3.63, 3.8) is 0 Å². The normalized spacial score (nSPS) is 34.8. The van der Waals surface area contributed by atoms with Crippen molar-refractivity contribution < 1.29 is 38.7 Å². The second-order valence-electron chi connectivity index (χ2n) is 13.4. The molecule has 3 aliphatic carbocycles. The van der Waals surface area contributed by atoms with E-state index in [0.717, 1.165) is 24.2 Å². The van der Waals surface area contributed by atoms with Crippen molar-refractivity contribution in [1.82, 2.24) is 0 Å². The number of Topliss-reactive ketones (excluding diaryl/α,β-unsaturated/α-hetero) is 1. The van der Waals surface area contributed by atoms with E-state index in [2.05, 4.69) is 32.7 Å². The zero-order valence-corrected chi connectivity index (χ0v) is 26.6. The fourth-order valence-electron chi connectivity index (χ4n) is 8.31. The second-order valence-corrected chi connectivity index (χ2v) is 14.5. The third-order valence-corrected chi connectivity index (χ3v) is 12.1. The van der Waals surface area contributed by atoms with Crippen LogP contribution in [-0.2, 0) is 14.3 Å². The first-order chi connectivity index (χ1) is 20.7. The van der Waals surface area contributed by atoms with Crippen LogP contribution in [0.4, 0.5) is 5.69 Å². The lowest BCUT2D eigenvalue weighted by molar-refractivity contribution is -0.205. The standard InChI is InChI=1S/C33H42BNO8S/c1-6-31(4)17-25(32(5)19(2)12-14-33(20(3)29(31)38)15-13-23(36)28(32)33)43-27(37)18-44-22-9-7-8-21(16-22)35-30(39)24-10-11-26(42-24)34(40)41/h6-11,16,19-20,25,28-29,38,40-41H,1,12-15,17-18H2,2-5H3,(H,35,39)/t19-,20+,25-,28+,29+,31-,32+,33+/m1/s1. The topological polar surface area (TPSA) is 146 Å². The van der Waals surface area contributed by atoms with E-state index in [4.69, 9.17) is 9.15 Å². The summed E-state index contributed by atoms with van der Waals surface area (Å²) in [5.41, 5.74) is -1.27. The molecule has 5 rings (SSSR count). The summed E-state index contributed by atoms with van der Waals surface area (Å²) in [7, 11) is -1.82. The van der Waals surface area contributed by atoms with Gasteiger partial charge in [0.2, 0.25) is 0 Å². The predicted octanol–water partition coefficient (Wildman–Crippen LogP) is 4.21. The highest BCUT2D eigenvalue weighted by atomic mass is 32.2. The maximum atomic E-state index is 13.6. The monoisotopic (exact) mass is 623 g/mol. The van der Waals surface area contributed by atoms with E-state index in [-0.39, 0.29) is 46.1 Å². The molecule has 2 aromatic rings. The van der Waals surface area contributed by atoms with Gasteiger partial charge >= 0.3 is 13.1 Å². The van der Waals surface area contributed by atoms with Crippen molar-refractivity contribution in [2.45, 2.75) is 76.9 Å². The number of amides is 1. The highest BCUT2D eigenvalue weighted by Crippen LogP contribution is 2.68. The third kappa shape index (κ3) is 5.57. The molecule has 1 heterocycles. The largest absolute Gasteiger partial charge is 0.526 e. The van der Waals surface area contributed by atoms with Gasteiger partial charge in [-0.1, -0.05) is 39.8 Å². The van der Waals surface area contributed by atoms with Crippen LogP contribution in [-0.4, -0.2) is 57.9 Å². The number of ether oxygens (including phenoxy) is 1. The Balaban J connectivity index is 1.32. The van der Waals surface area contributed by atoms with Crippen LogP contribution in [0.25, 0.3) is 0 Å². The highest BCUT2D eigenvalue weighted by molar-refractivity contribution is 8.00. The van der Waals surface area contributed by atoms with Gasteiger partial charge in [0.25, 0.3) is 5.91 Å². The molecule has 0 radical (unpaired) electrons. The van der Waals surface area contributed by atoms with E-state index >= 15 is 0 Å². The molecular formula is C33H42BNO8S. The van der Waals surface area contributed by atoms with Crippen LogP contribution >= 0.6 is 11.8 Å². The number of nitrogens with one attached hydrogen (secondary N) is 1. The number of benzene rings is 1. The first-order valence-corrected chi connectivity index (χ1v) is 16.3. The van der Waals surface area contributed by atoms with E-state index in [0.29, 0.717) is 18.5 Å². The van der Waals surface area contributed by atoms with Gasteiger partial charge in [-0.2, -0.15) is 0 Å². The van der Waals surface area contributed by atoms with E-state index in [1.54, 1.807) is 24.3 Å². The number of hydrogen-bond acceptors (Lipinski definition) is 9. The smallest absolute Gasteiger partial charge is 0.461 e. The molecular weight excluding hydrogens is 581 g/mol. The van der Waals surface area contributed by atoms with Crippen LogP contribution in [0.15, 0.2) is 58.4 Å². The number of anilines is 1. The molecule has 4 N–H and O–H groups in total.